The van der Waals surface area contributed by atoms with Crippen LogP contribution < -0.4 is 0 Å². The van der Waals surface area contributed by atoms with Gasteiger partial charge in [-0.3, -0.25) is 9.78 Å². The monoisotopic (exact) mass is 235 g/mol. The van der Waals surface area contributed by atoms with Crippen LogP contribution in [0.15, 0.2) is 18.6 Å². The summed E-state index contributed by atoms with van der Waals surface area (Å²) in [5, 5.41) is 9.35. The Balaban J connectivity index is 2.16. The van der Waals surface area contributed by atoms with Crippen molar-refractivity contribution in [3.63, 3.8) is 0 Å². The Hall–Kier alpha value is -1.49. The van der Waals surface area contributed by atoms with E-state index in [9.17, 15) is 9.90 Å². The molecule has 1 aliphatic heterocycles. The summed E-state index contributed by atoms with van der Waals surface area (Å²) in [7, 11) is 0. The van der Waals surface area contributed by atoms with E-state index in [0.717, 1.165) is 25.7 Å². The minimum absolute atomic E-state index is 0.0198. The number of aliphatic hydroxyl groups is 1. The molecule has 1 aromatic rings. The molecular formula is C12H17N3O2. The van der Waals surface area contributed by atoms with E-state index in [-0.39, 0.29) is 18.6 Å². The average molecular weight is 235 g/mol. The maximum Gasteiger partial charge on any atom is 0.274 e. The number of hydrogen-bond acceptors (Lipinski definition) is 4. The van der Waals surface area contributed by atoms with Gasteiger partial charge in [0.15, 0.2) is 0 Å². The molecule has 1 amide bonds. The van der Waals surface area contributed by atoms with Gasteiger partial charge in [0.05, 0.1) is 18.8 Å². The lowest BCUT2D eigenvalue weighted by Crippen LogP contribution is -2.42. The lowest BCUT2D eigenvalue weighted by molar-refractivity contribution is 0.0593. The van der Waals surface area contributed by atoms with E-state index >= 15 is 0 Å². The standard InChI is InChI=1S/C12H17N3O2/c16-9-10-4-2-1-3-7-15(10)12(17)11-8-13-5-6-14-11/h5-6,8,10,16H,1-4,7,9H2. The van der Waals surface area contributed by atoms with Crippen LogP contribution in [-0.2, 0) is 0 Å². The fourth-order valence-electron chi connectivity index (χ4n) is 2.19. The molecule has 0 bridgehead atoms. The van der Waals surface area contributed by atoms with Crippen LogP contribution in [0.2, 0.25) is 0 Å². The maximum atomic E-state index is 12.2. The number of hydrogen-bond donors (Lipinski definition) is 1. The summed E-state index contributed by atoms with van der Waals surface area (Å²) in [6, 6.07) is -0.0768. The number of carbonyl (C=O) groups excluding carboxylic acids is 1. The second-order valence-electron chi connectivity index (χ2n) is 4.27. The topological polar surface area (TPSA) is 66.3 Å². The van der Waals surface area contributed by atoms with Crippen molar-refractivity contribution in [3.8, 4) is 0 Å². The quantitative estimate of drug-likeness (QED) is 0.825. The number of nitrogens with zero attached hydrogens (tertiary/aromatic N) is 3. The van der Waals surface area contributed by atoms with Crippen LogP contribution in [0.3, 0.4) is 0 Å². The third kappa shape index (κ3) is 2.79. The molecule has 1 aromatic heterocycles. The van der Waals surface area contributed by atoms with Crippen LogP contribution in [0.5, 0.6) is 0 Å². The van der Waals surface area contributed by atoms with Gasteiger partial charge in [0.25, 0.3) is 5.91 Å². The molecule has 0 radical (unpaired) electrons. The first-order valence-corrected chi connectivity index (χ1v) is 6.01. The first-order chi connectivity index (χ1) is 8.33. The molecule has 1 N–H and O–H groups in total. The van der Waals surface area contributed by atoms with Crippen LogP contribution in [0, 0.1) is 0 Å². The van der Waals surface area contributed by atoms with Gasteiger partial charge in [-0.15, -0.1) is 0 Å². The molecular weight excluding hydrogens is 218 g/mol. The molecule has 1 fully saturated rings. The molecule has 5 heteroatoms. The van der Waals surface area contributed by atoms with E-state index in [4.69, 9.17) is 0 Å². The highest BCUT2D eigenvalue weighted by molar-refractivity contribution is 5.92. The Morgan fingerprint density at radius 2 is 2.29 bits per heavy atom. The number of likely N-dealkylation sites (tertiary alicyclic amines) is 1. The van der Waals surface area contributed by atoms with E-state index in [2.05, 4.69) is 9.97 Å². The van der Waals surface area contributed by atoms with Gasteiger partial charge >= 0.3 is 0 Å². The predicted molar refractivity (Wildman–Crippen MR) is 62.4 cm³/mol. The Kier molecular flexibility index (Phi) is 4.03. The van der Waals surface area contributed by atoms with E-state index in [1.54, 1.807) is 11.1 Å². The number of rotatable bonds is 2. The molecule has 1 aliphatic rings. The molecule has 0 spiro atoms. The molecule has 1 atom stereocenters. The Morgan fingerprint density at radius 3 is 3.00 bits per heavy atom. The van der Waals surface area contributed by atoms with Gasteiger partial charge < -0.3 is 10.0 Å². The van der Waals surface area contributed by atoms with Crippen molar-refractivity contribution >= 4 is 5.91 Å². The van der Waals surface area contributed by atoms with E-state index in [1.165, 1.54) is 12.4 Å². The Morgan fingerprint density at radius 1 is 1.41 bits per heavy atom. The molecule has 2 rings (SSSR count). The van der Waals surface area contributed by atoms with Crippen LogP contribution in [0.25, 0.3) is 0 Å². The summed E-state index contributed by atoms with van der Waals surface area (Å²) in [5.41, 5.74) is 0.354. The van der Waals surface area contributed by atoms with Gasteiger partial charge in [-0.25, -0.2) is 4.98 Å². The van der Waals surface area contributed by atoms with Crippen LogP contribution in [0.4, 0.5) is 0 Å². The summed E-state index contributed by atoms with van der Waals surface area (Å²) in [6.45, 7) is 0.715. The van der Waals surface area contributed by atoms with Crippen molar-refractivity contribution in [1.29, 1.82) is 0 Å². The van der Waals surface area contributed by atoms with Gasteiger partial charge in [-0.05, 0) is 12.8 Å². The molecule has 0 saturated carbocycles. The highest BCUT2D eigenvalue weighted by Gasteiger charge is 2.26. The van der Waals surface area contributed by atoms with E-state index in [0.29, 0.717) is 12.2 Å². The lowest BCUT2D eigenvalue weighted by Gasteiger charge is -2.28. The minimum atomic E-state index is -0.126. The minimum Gasteiger partial charge on any atom is -0.394 e. The smallest absolute Gasteiger partial charge is 0.274 e. The van der Waals surface area contributed by atoms with Crippen molar-refractivity contribution in [2.24, 2.45) is 0 Å². The van der Waals surface area contributed by atoms with Crippen molar-refractivity contribution < 1.29 is 9.90 Å². The lowest BCUT2D eigenvalue weighted by atomic mass is 10.1. The first-order valence-electron chi connectivity index (χ1n) is 6.01. The summed E-state index contributed by atoms with van der Waals surface area (Å²) in [6.07, 6.45) is 8.56. The second-order valence-corrected chi connectivity index (χ2v) is 4.27. The van der Waals surface area contributed by atoms with E-state index in [1.807, 2.05) is 0 Å². The molecule has 0 aliphatic carbocycles. The summed E-state index contributed by atoms with van der Waals surface area (Å²) in [5.74, 6) is -0.126. The molecule has 17 heavy (non-hydrogen) atoms. The van der Waals surface area contributed by atoms with Gasteiger partial charge in [0.1, 0.15) is 5.69 Å². The van der Waals surface area contributed by atoms with Crippen LogP contribution in [0.1, 0.15) is 36.2 Å². The maximum absolute atomic E-state index is 12.2. The molecule has 0 aromatic carbocycles. The zero-order valence-corrected chi connectivity index (χ0v) is 9.75. The molecule has 1 saturated heterocycles. The summed E-state index contributed by atoms with van der Waals surface area (Å²) < 4.78 is 0. The number of carbonyl (C=O) groups is 1. The van der Waals surface area contributed by atoms with Crippen LogP contribution in [-0.4, -0.2) is 45.1 Å². The zero-order chi connectivity index (χ0) is 12.1. The fourth-order valence-corrected chi connectivity index (χ4v) is 2.19. The van der Waals surface area contributed by atoms with Crippen LogP contribution >= 0.6 is 0 Å². The third-order valence-electron chi connectivity index (χ3n) is 3.13. The largest absolute Gasteiger partial charge is 0.394 e. The molecule has 5 nitrogen and oxygen atoms in total. The normalized spacial score (nSPS) is 21.0. The highest BCUT2D eigenvalue weighted by Crippen LogP contribution is 2.18. The van der Waals surface area contributed by atoms with Gasteiger partial charge in [0.2, 0.25) is 0 Å². The second kappa shape index (κ2) is 5.72. The molecule has 2 heterocycles. The number of amides is 1. The van der Waals surface area contributed by atoms with Crippen molar-refractivity contribution in [3.05, 3.63) is 24.3 Å². The molecule has 1 unspecified atom stereocenters. The molecule has 92 valence electrons. The van der Waals surface area contributed by atoms with Gasteiger partial charge in [-0.2, -0.15) is 0 Å². The predicted octanol–water partition coefficient (Wildman–Crippen LogP) is 0.854. The number of aliphatic hydroxyl groups excluding tert-OH is 1. The van der Waals surface area contributed by atoms with Crippen molar-refractivity contribution in [1.82, 2.24) is 14.9 Å². The van der Waals surface area contributed by atoms with Crippen molar-refractivity contribution in [2.75, 3.05) is 13.2 Å². The third-order valence-corrected chi connectivity index (χ3v) is 3.13. The zero-order valence-electron chi connectivity index (χ0n) is 9.75. The van der Waals surface area contributed by atoms with Crippen molar-refractivity contribution in [2.45, 2.75) is 31.7 Å². The summed E-state index contributed by atoms with van der Waals surface area (Å²) in [4.78, 5) is 21.9. The van der Waals surface area contributed by atoms with E-state index < -0.39 is 0 Å². The Bertz CT molecular complexity index is 369. The summed E-state index contributed by atoms with van der Waals surface area (Å²) >= 11 is 0. The number of aromatic nitrogens is 2. The Labute approximate surface area is 100 Å². The SMILES string of the molecule is O=C(c1cnccn1)N1CCCCCC1CO. The first kappa shape index (κ1) is 12.0. The van der Waals surface area contributed by atoms with Gasteiger partial charge in [0, 0.05) is 18.9 Å². The highest BCUT2D eigenvalue weighted by atomic mass is 16.3. The average Bonchev–Trinajstić information content (AvgIpc) is 2.64. The van der Waals surface area contributed by atoms with Gasteiger partial charge in [-0.1, -0.05) is 12.8 Å². The fraction of sp³-hybridized carbons (Fsp3) is 0.583.